The first-order chi connectivity index (χ1) is 8.28. The van der Waals surface area contributed by atoms with Crippen LogP contribution in [0.5, 0.6) is 0 Å². The molecule has 0 aromatic carbocycles. The van der Waals surface area contributed by atoms with Gasteiger partial charge in [-0.05, 0) is 6.54 Å². The van der Waals surface area contributed by atoms with Gasteiger partial charge in [0, 0.05) is 19.6 Å². The third-order valence-electron chi connectivity index (χ3n) is 2.83. The summed E-state index contributed by atoms with van der Waals surface area (Å²) in [5.74, 6) is 0.594. The van der Waals surface area contributed by atoms with Crippen LogP contribution in [0.4, 0.5) is 11.6 Å². The summed E-state index contributed by atoms with van der Waals surface area (Å²) in [6.45, 7) is 6.73. The van der Waals surface area contributed by atoms with Gasteiger partial charge in [-0.3, -0.25) is 4.90 Å². The number of hydrogen-bond acceptors (Lipinski definition) is 6. The first-order valence-corrected chi connectivity index (χ1v) is 5.93. The molecule has 2 rings (SSSR count). The minimum absolute atomic E-state index is 0.199. The molecule has 0 saturated carbocycles. The van der Waals surface area contributed by atoms with E-state index in [1.54, 1.807) is 12.4 Å². The summed E-state index contributed by atoms with van der Waals surface area (Å²) in [7, 11) is 0. The van der Waals surface area contributed by atoms with E-state index in [2.05, 4.69) is 27.1 Å². The molecule has 1 atom stereocenters. The number of nitrogen functional groups attached to an aromatic ring is 1. The average Bonchev–Trinajstić information content (AvgIpc) is 2.38. The van der Waals surface area contributed by atoms with Crippen molar-refractivity contribution in [3.8, 4) is 0 Å². The van der Waals surface area contributed by atoms with Crippen molar-refractivity contribution in [2.45, 2.75) is 13.0 Å². The van der Waals surface area contributed by atoms with Gasteiger partial charge in [-0.15, -0.1) is 0 Å². The normalized spacial score (nSPS) is 21.4. The van der Waals surface area contributed by atoms with Crippen molar-refractivity contribution < 1.29 is 4.74 Å². The number of ether oxygens (including phenoxy) is 1. The summed E-state index contributed by atoms with van der Waals surface area (Å²) < 4.78 is 5.67. The highest BCUT2D eigenvalue weighted by Gasteiger charge is 2.18. The molecule has 0 amide bonds. The van der Waals surface area contributed by atoms with Crippen LogP contribution >= 0.6 is 0 Å². The summed E-state index contributed by atoms with van der Waals surface area (Å²) in [5.41, 5.74) is 6.09. The first-order valence-electron chi connectivity index (χ1n) is 5.93. The molecule has 6 heteroatoms. The summed E-state index contributed by atoms with van der Waals surface area (Å²) in [6.07, 6.45) is 3.38. The number of nitrogens with two attached hydrogens (primary N) is 1. The number of hydrogen-bond donors (Lipinski definition) is 2. The van der Waals surface area contributed by atoms with Crippen LogP contribution in [0.15, 0.2) is 12.4 Å². The molecule has 1 aromatic heterocycles. The molecular formula is C11H19N5O. The van der Waals surface area contributed by atoms with E-state index >= 15 is 0 Å². The van der Waals surface area contributed by atoms with Gasteiger partial charge in [0.1, 0.15) is 0 Å². The van der Waals surface area contributed by atoms with Crippen molar-refractivity contribution in [2.24, 2.45) is 0 Å². The molecule has 0 spiro atoms. The Labute approximate surface area is 101 Å². The summed E-state index contributed by atoms with van der Waals surface area (Å²) >= 11 is 0. The zero-order valence-corrected chi connectivity index (χ0v) is 10.1. The van der Waals surface area contributed by atoms with E-state index < -0.39 is 0 Å². The smallest absolute Gasteiger partial charge is 0.222 e. The van der Waals surface area contributed by atoms with Gasteiger partial charge in [-0.1, -0.05) is 6.92 Å². The van der Waals surface area contributed by atoms with Crippen LogP contribution in [-0.4, -0.2) is 53.8 Å². The van der Waals surface area contributed by atoms with Gasteiger partial charge in [0.05, 0.1) is 30.8 Å². The SMILES string of the molecule is CCN1CCOC(CNc2ncc(N)cn2)C1. The lowest BCUT2D eigenvalue weighted by molar-refractivity contribution is -0.0192. The Morgan fingerprint density at radius 1 is 1.53 bits per heavy atom. The lowest BCUT2D eigenvalue weighted by Gasteiger charge is -2.32. The fourth-order valence-corrected chi connectivity index (χ4v) is 1.83. The van der Waals surface area contributed by atoms with Gasteiger partial charge < -0.3 is 15.8 Å². The molecule has 2 heterocycles. The van der Waals surface area contributed by atoms with Crippen molar-refractivity contribution in [1.29, 1.82) is 0 Å². The van der Waals surface area contributed by atoms with Gasteiger partial charge in [0.25, 0.3) is 0 Å². The molecule has 0 radical (unpaired) electrons. The highest BCUT2D eigenvalue weighted by atomic mass is 16.5. The van der Waals surface area contributed by atoms with Gasteiger partial charge in [-0.2, -0.15) is 0 Å². The van der Waals surface area contributed by atoms with E-state index in [-0.39, 0.29) is 6.10 Å². The molecule has 1 fully saturated rings. The second-order valence-electron chi connectivity index (χ2n) is 4.11. The van der Waals surface area contributed by atoms with Gasteiger partial charge in [0.15, 0.2) is 0 Å². The maximum Gasteiger partial charge on any atom is 0.222 e. The first kappa shape index (κ1) is 12.1. The number of anilines is 2. The zero-order chi connectivity index (χ0) is 12.1. The van der Waals surface area contributed by atoms with E-state index in [0.29, 0.717) is 11.6 Å². The Hall–Kier alpha value is -1.40. The fraction of sp³-hybridized carbons (Fsp3) is 0.636. The van der Waals surface area contributed by atoms with E-state index in [1.165, 1.54) is 0 Å². The summed E-state index contributed by atoms with van der Waals surface area (Å²) in [6, 6.07) is 0. The van der Waals surface area contributed by atoms with Gasteiger partial charge in [0.2, 0.25) is 5.95 Å². The molecular weight excluding hydrogens is 218 g/mol. The zero-order valence-electron chi connectivity index (χ0n) is 10.1. The Kier molecular flexibility index (Phi) is 4.11. The molecule has 6 nitrogen and oxygen atoms in total. The van der Waals surface area contributed by atoms with Crippen molar-refractivity contribution in [3.05, 3.63) is 12.4 Å². The highest BCUT2D eigenvalue weighted by molar-refractivity contribution is 5.35. The fourth-order valence-electron chi connectivity index (χ4n) is 1.83. The molecule has 1 aromatic rings. The standard InChI is InChI=1S/C11H19N5O/c1-2-16-3-4-17-10(8-16)7-15-11-13-5-9(12)6-14-11/h5-6,10H,2-4,7-8,12H2,1H3,(H,13,14,15). The van der Waals surface area contributed by atoms with Crippen LogP contribution < -0.4 is 11.1 Å². The number of rotatable bonds is 4. The Balaban J connectivity index is 1.79. The summed E-state index contributed by atoms with van der Waals surface area (Å²) in [5, 5.41) is 3.16. The highest BCUT2D eigenvalue weighted by Crippen LogP contribution is 2.06. The predicted octanol–water partition coefficient (Wildman–Crippen LogP) is 0.191. The molecule has 3 N–H and O–H groups in total. The van der Waals surface area contributed by atoms with E-state index in [9.17, 15) is 0 Å². The minimum atomic E-state index is 0.199. The second-order valence-corrected chi connectivity index (χ2v) is 4.11. The van der Waals surface area contributed by atoms with E-state index in [4.69, 9.17) is 10.5 Å². The molecule has 1 unspecified atom stereocenters. The molecule has 1 saturated heterocycles. The molecule has 0 bridgehead atoms. The Bertz CT molecular complexity index is 342. The second kappa shape index (κ2) is 5.79. The van der Waals surface area contributed by atoms with Gasteiger partial charge in [-0.25, -0.2) is 9.97 Å². The van der Waals surface area contributed by atoms with Crippen molar-refractivity contribution in [1.82, 2.24) is 14.9 Å². The van der Waals surface area contributed by atoms with Crippen LogP contribution in [0.3, 0.4) is 0 Å². The largest absolute Gasteiger partial charge is 0.396 e. The maximum atomic E-state index is 5.67. The topological polar surface area (TPSA) is 76.3 Å². The quantitative estimate of drug-likeness (QED) is 0.778. The van der Waals surface area contributed by atoms with Crippen LogP contribution in [0, 0.1) is 0 Å². The number of aromatic nitrogens is 2. The summed E-state index contributed by atoms with van der Waals surface area (Å²) in [4.78, 5) is 10.5. The van der Waals surface area contributed by atoms with Crippen molar-refractivity contribution in [2.75, 3.05) is 43.8 Å². The van der Waals surface area contributed by atoms with Crippen LogP contribution in [-0.2, 0) is 4.74 Å². The molecule has 94 valence electrons. The van der Waals surface area contributed by atoms with Crippen LogP contribution in [0.2, 0.25) is 0 Å². The van der Waals surface area contributed by atoms with E-state index in [1.807, 2.05) is 0 Å². The van der Waals surface area contributed by atoms with Crippen LogP contribution in [0.1, 0.15) is 6.92 Å². The molecule has 17 heavy (non-hydrogen) atoms. The lowest BCUT2D eigenvalue weighted by atomic mass is 10.2. The minimum Gasteiger partial charge on any atom is -0.396 e. The maximum absolute atomic E-state index is 5.67. The third kappa shape index (κ3) is 3.54. The monoisotopic (exact) mass is 237 g/mol. The molecule has 0 aliphatic carbocycles. The number of morpholine rings is 1. The lowest BCUT2D eigenvalue weighted by Crippen LogP contribution is -2.45. The number of nitrogens with zero attached hydrogens (tertiary/aromatic N) is 3. The molecule has 1 aliphatic rings. The average molecular weight is 237 g/mol. The van der Waals surface area contributed by atoms with Crippen LogP contribution in [0.25, 0.3) is 0 Å². The predicted molar refractivity (Wildman–Crippen MR) is 66.8 cm³/mol. The van der Waals surface area contributed by atoms with Crippen molar-refractivity contribution >= 4 is 11.6 Å². The number of likely N-dealkylation sites (N-methyl/N-ethyl adjacent to an activating group) is 1. The van der Waals surface area contributed by atoms with Crippen molar-refractivity contribution in [3.63, 3.8) is 0 Å². The Morgan fingerprint density at radius 3 is 3.00 bits per heavy atom. The van der Waals surface area contributed by atoms with E-state index in [0.717, 1.165) is 32.8 Å². The number of nitrogens with one attached hydrogen (secondary N) is 1. The Morgan fingerprint density at radius 2 is 2.29 bits per heavy atom. The van der Waals surface area contributed by atoms with Gasteiger partial charge >= 0.3 is 0 Å². The molecule has 1 aliphatic heterocycles. The third-order valence-corrected chi connectivity index (χ3v) is 2.83.